The van der Waals surface area contributed by atoms with E-state index in [0.717, 1.165) is 26.2 Å². The van der Waals surface area contributed by atoms with Gasteiger partial charge >= 0.3 is 0 Å². The molecule has 0 aromatic heterocycles. The monoisotopic (exact) mass is 533 g/mol. The molecule has 0 atom stereocenters. The van der Waals surface area contributed by atoms with Gasteiger partial charge in [-0.2, -0.15) is 0 Å². The standard InChI is InChI=1S/C33H28ClN3O2/c34-29-17-9-10-18-30(29)37-32(38)27-16-8-7-15-26(27)28(33(37)39)23-35-19-21-36(22-20-35)31(24-11-3-1-4-12-24)25-13-5-2-6-14-25/h1-18,23,31H,19-22H2/b28-23+. The maximum Gasteiger partial charge on any atom is 0.267 e. The van der Waals surface area contributed by atoms with Crippen LogP contribution < -0.4 is 4.90 Å². The predicted octanol–water partition coefficient (Wildman–Crippen LogP) is 6.28. The van der Waals surface area contributed by atoms with Crippen LogP contribution >= 0.6 is 11.6 Å². The van der Waals surface area contributed by atoms with Crippen LogP contribution in [0.5, 0.6) is 0 Å². The summed E-state index contributed by atoms with van der Waals surface area (Å²) in [4.78, 5) is 33.1. The normalized spacial score (nSPS) is 17.1. The third kappa shape index (κ3) is 4.87. The molecule has 0 saturated carbocycles. The topological polar surface area (TPSA) is 43.9 Å². The van der Waals surface area contributed by atoms with E-state index in [0.29, 0.717) is 27.4 Å². The van der Waals surface area contributed by atoms with Crippen molar-refractivity contribution in [2.75, 3.05) is 31.1 Å². The lowest BCUT2D eigenvalue weighted by Gasteiger charge is -2.40. The highest BCUT2D eigenvalue weighted by Gasteiger charge is 2.37. The molecule has 0 aliphatic carbocycles. The van der Waals surface area contributed by atoms with Crippen molar-refractivity contribution in [3.63, 3.8) is 0 Å². The van der Waals surface area contributed by atoms with Gasteiger partial charge in [-0.1, -0.05) is 103 Å². The van der Waals surface area contributed by atoms with Crippen LogP contribution in [0.2, 0.25) is 5.02 Å². The zero-order valence-electron chi connectivity index (χ0n) is 21.4. The Morgan fingerprint density at radius 2 is 1.15 bits per heavy atom. The molecule has 0 bridgehead atoms. The fourth-order valence-electron chi connectivity index (χ4n) is 5.52. The quantitative estimate of drug-likeness (QED) is 0.224. The lowest BCUT2D eigenvalue weighted by molar-refractivity contribution is -0.112. The average molecular weight is 534 g/mol. The van der Waals surface area contributed by atoms with Crippen LogP contribution in [0.15, 0.2) is 115 Å². The van der Waals surface area contributed by atoms with Crippen LogP contribution in [0.25, 0.3) is 5.57 Å². The number of piperazine rings is 1. The summed E-state index contributed by atoms with van der Waals surface area (Å²) >= 11 is 6.42. The van der Waals surface area contributed by atoms with Crippen LogP contribution in [0.4, 0.5) is 5.69 Å². The summed E-state index contributed by atoms with van der Waals surface area (Å²) in [6.07, 6.45) is 1.93. The predicted molar refractivity (Wildman–Crippen MR) is 156 cm³/mol. The molecule has 1 saturated heterocycles. The van der Waals surface area contributed by atoms with Crippen molar-refractivity contribution in [2.24, 2.45) is 0 Å². The molecule has 4 aromatic rings. The first kappa shape index (κ1) is 25.1. The number of halogens is 1. The van der Waals surface area contributed by atoms with Gasteiger partial charge in [0.25, 0.3) is 11.8 Å². The minimum atomic E-state index is -0.362. The Hall–Kier alpha value is -4.19. The van der Waals surface area contributed by atoms with E-state index in [2.05, 4.69) is 58.3 Å². The second-order valence-corrected chi connectivity index (χ2v) is 10.2. The summed E-state index contributed by atoms with van der Waals surface area (Å²) in [5, 5.41) is 0.361. The van der Waals surface area contributed by atoms with Gasteiger partial charge in [0.1, 0.15) is 0 Å². The molecule has 0 spiro atoms. The van der Waals surface area contributed by atoms with Crippen molar-refractivity contribution >= 4 is 34.7 Å². The molecule has 0 N–H and O–H groups in total. The largest absolute Gasteiger partial charge is 0.374 e. The molecule has 2 aliphatic heterocycles. The number of amides is 2. The molecule has 2 heterocycles. The molecule has 0 unspecified atom stereocenters. The first-order valence-electron chi connectivity index (χ1n) is 13.1. The number of para-hydroxylation sites is 1. The molecule has 5 nitrogen and oxygen atoms in total. The van der Waals surface area contributed by atoms with E-state index in [1.807, 2.05) is 36.5 Å². The van der Waals surface area contributed by atoms with Gasteiger partial charge in [0.2, 0.25) is 0 Å². The molecule has 39 heavy (non-hydrogen) atoms. The maximum absolute atomic E-state index is 13.8. The van der Waals surface area contributed by atoms with Crippen molar-refractivity contribution in [3.8, 4) is 0 Å². The van der Waals surface area contributed by atoms with Gasteiger partial charge < -0.3 is 4.90 Å². The van der Waals surface area contributed by atoms with E-state index < -0.39 is 0 Å². The Balaban J connectivity index is 1.29. The first-order valence-corrected chi connectivity index (χ1v) is 13.5. The molecule has 1 fully saturated rings. The Labute approximate surface area is 233 Å². The van der Waals surface area contributed by atoms with Gasteiger partial charge in [0, 0.05) is 43.5 Å². The maximum atomic E-state index is 13.8. The number of rotatable bonds is 5. The zero-order chi connectivity index (χ0) is 26.8. The number of imide groups is 1. The van der Waals surface area contributed by atoms with Gasteiger partial charge in [-0.15, -0.1) is 0 Å². The number of hydrogen-bond donors (Lipinski definition) is 0. The van der Waals surface area contributed by atoms with E-state index in [9.17, 15) is 9.59 Å². The van der Waals surface area contributed by atoms with Crippen molar-refractivity contribution in [1.82, 2.24) is 9.80 Å². The SMILES string of the molecule is O=C1/C(=C/N2CCN(C(c3ccccc3)c3ccccc3)CC2)c2ccccc2C(=O)N1c1ccccc1Cl. The van der Waals surface area contributed by atoms with Gasteiger partial charge in [-0.3, -0.25) is 14.5 Å². The fraction of sp³-hybridized carbons (Fsp3) is 0.152. The van der Waals surface area contributed by atoms with Gasteiger partial charge in [0.05, 0.1) is 22.3 Å². The third-order valence-corrected chi connectivity index (χ3v) is 7.75. The summed E-state index contributed by atoms with van der Waals surface area (Å²) in [6.45, 7) is 3.19. The smallest absolute Gasteiger partial charge is 0.267 e. The summed E-state index contributed by atoms with van der Waals surface area (Å²) in [7, 11) is 0. The van der Waals surface area contributed by atoms with Crippen LogP contribution in [0.1, 0.15) is 33.1 Å². The summed E-state index contributed by atoms with van der Waals surface area (Å²) in [5.74, 6) is -0.722. The summed E-state index contributed by atoms with van der Waals surface area (Å²) in [5.41, 5.74) is 4.58. The summed E-state index contributed by atoms with van der Waals surface area (Å²) < 4.78 is 0. The second kappa shape index (κ2) is 10.9. The van der Waals surface area contributed by atoms with Crippen LogP contribution in [-0.2, 0) is 4.79 Å². The van der Waals surface area contributed by atoms with Crippen molar-refractivity contribution in [2.45, 2.75) is 6.04 Å². The highest BCUT2D eigenvalue weighted by atomic mass is 35.5. The minimum absolute atomic E-state index is 0.160. The zero-order valence-corrected chi connectivity index (χ0v) is 22.2. The van der Waals surface area contributed by atoms with Crippen molar-refractivity contribution in [3.05, 3.63) is 143 Å². The molecular formula is C33H28ClN3O2. The van der Waals surface area contributed by atoms with E-state index in [1.54, 1.807) is 30.3 Å². The third-order valence-electron chi connectivity index (χ3n) is 7.43. The van der Waals surface area contributed by atoms with E-state index in [4.69, 9.17) is 11.6 Å². The molecular weight excluding hydrogens is 506 g/mol. The molecule has 6 heteroatoms. The molecule has 2 aliphatic rings. The van der Waals surface area contributed by atoms with Crippen molar-refractivity contribution < 1.29 is 9.59 Å². The van der Waals surface area contributed by atoms with Crippen LogP contribution in [-0.4, -0.2) is 47.8 Å². The molecule has 194 valence electrons. The van der Waals surface area contributed by atoms with E-state index >= 15 is 0 Å². The highest BCUT2D eigenvalue weighted by Crippen LogP contribution is 2.36. The minimum Gasteiger partial charge on any atom is -0.374 e. The molecule has 2 amide bonds. The average Bonchev–Trinajstić information content (AvgIpc) is 2.98. The van der Waals surface area contributed by atoms with Crippen LogP contribution in [0.3, 0.4) is 0 Å². The number of anilines is 1. The fourth-order valence-corrected chi connectivity index (χ4v) is 5.74. The Bertz CT molecular complexity index is 1490. The Morgan fingerprint density at radius 1 is 0.615 bits per heavy atom. The number of carbonyl (C=O) groups excluding carboxylic acids is 2. The molecule has 4 aromatic carbocycles. The number of nitrogens with zero attached hydrogens (tertiary/aromatic N) is 3. The highest BCUT2D eigenvalue weighted by molar-refractivity contribution is 6.43. The van der Waals surface area contributed by atoms with E-state index in [-0.39, 0.29) is 17.9 Å². The van der Waals surface area contributed by atoms with Crippen LogP contribution in [0, 0.1) is 0 Å². The lowest BCUT2D eigenvalue weighted by Crippen LogP contribution is -2.47. The summed E-state index contributed by atoms with van der Waals surface area (Å²) in [6, 6.07) is 35.6. The number of benzene rings is 4. The Morgan fingerprint density at radius 3 is 1.77 bits per heavy atom. The second-order valence-electron chi connectivity index (χ2n) is 9.78. The Kier molecular flexibility index (Phi) is 7.01. The van der Waals surface area contributed by atoms with E-state index in [1.165, 1.54) is 16.0 Å². The molecule has 0 radical (unpaired) electrons. The van der Waals surface area contributed by atoms with Crippen molar-refractivity contribution in [1.29, 1.82) is 0 Å². The number of fused-ring (bicyclic) bond motifs is 1. The molecule has 6 rings (SSSR count). The van der Waals surface area contributed by atoms with Gasteiger partial charge in [-0.25, -0.2) is 4.90 Å². The van der Waals surface area contributed by atoms with Gasteiger partial charge in [-0.05, 0) is 29.3 Å². The number of carbonyl (C=O) groups is 2. The first-order chi connectivity index (χ1) is 19.1. The number of hydrogen-bond acceptors (Lipinski definition) is 4. The lowest BCUT2D eigenvalue weighted by atomic mass is 9.93. The van der Waals surface area contributed by atoms with Gasteiger partial charge in [0.15, 0.2) is 0 Å².